The summed E-state index contributed by atoms with van der Waals surface area (Å²) in [4.78, 5) is 34.4. The first-order valence-corrected chi connectivity index (χ1v) is 9.56. The number of anilines is 1. The molecule has 8 nitrogen and oxygen atoms in total. The first kappa shape index (κ1) is 21.7. The first-order valence-electron chi connectivity index (χ1n) is 9.56. The lowest BCUT2D eigenvalue weighted by molar-refractivity contribution is -0.136. The van der Waals surface area contributed by atoms with Crippen LogP contribution >= 0.6 is 0 Å². The molecule has 1 aliphatic rings. The maximum Gasteiger partial charge on any atom is 0.407 e. The van der Waals surface area contributed by atoms with Crippen LogP contribution in [0, 0.1) is 5.92 Å². The van der Waals surface area contributed by atoms with Crippen LogP contribution in [0.25, 0.3) is 0 Å². The summed E-state index contributed by atoms with van der Waals surface area (Å²) in [5.74, 6) is 4.16. The summed E-state index contributed by atoms with van der Waals surface area (Å²) in [5.41, 5.74) is 3.07. The van der Waals surface area contributed by atoms with Gasteiger partial charge in [-0.15, -0.1) is 0 Å². The van der Waals surface area contributed by atoms with Gasteiger partial charge in [0.1, 0.15) is 5.60 Å². The zero-order chi connectivity index (χ0) is 20.7. The lowest BCUT2D eigenvalue weighted by Crippen LogP contribution is -2.39. The molecule has 0 bridgehead atoms. The van der Waals surface area contributed by atoms with E-state index >= 15 is 0 Å². The molecule has 154 valence electrons. The number of alkyl carbamates (subject to hydrolysis) is 1. The van der Waals surface area contributed by atoms with Crippen molar-refractivity contribution < 1.29 is 19.1 Å². The number of rotatable bonds is 4. The highest BCUT2D eigenvalue weighted by Gasteiger charge is 2.24. The van der Waals surface area contributed by atoms with E-state index in [1.54, 1.807) is 17.6 Å². The minimum Gasteiger partial charge on any atom is -0.444 e. The Bertz CT molecular complexity index is 689. The molecule has 5 N–H and O–H groups in total. The average molecular weight is 390 g/mol. The van der Waals surface area contributed by atoms with Crippen molar-refractivity contribution in [3.63, 3.8) is 0 Å². The van der Waals surface area contributed by atoms with Gasteiger partial charge in [-0.2, -0.15) is 0 Å². The summed E-state index contributed by atoms with van der Waals surface area (Å²) in [6, 6.07) is 7.51. The quantitative estimate of drug-likeness (QED) is 0.272. The van der Waals surface area contributed by atoms with Crippen LogP contribution in [0.15, 0.2) is 24.3 Å². The number of hydrogen-bond donors (Lipinski definition) is 4. The Hall–Kier alpha value is -2.61. The fourth-order valence-electron chi connectivity index (χ4n) is 3.33. The number of amides is 3. The number of hydrogen-bond acceptors (Lipinski definition) is 5. The van der Waals surface area contributed by atoms with Crippen molar-refractivity contribution in [2.45, 2.75) is 58.0 Å². The van der Waals surface area contributed by atoms with Gasteiger partial charge < -0.3 is 15.4 Å². The van der Waals surface area contributed by atoms with Crippen LogP contribution in [0.4, 0.5) is 10.5 Å². The lowest BCUT2D eigenvalue weighted by atomic mass is 9.78. The second-order valence-corrected chi connectivity index (χ2v) is 8.15. The molecule has 0 aliphatic heterocycles. The van der Waals surface area contributed by atoms with Crippen molar-refractivity contribution in [3.8, 4) is 0 Å². The molecule has 0 atom stereocenters. The molecule has 1 fully saturated rings. The summed E-state index contributed by atoms with van der Waals surface area (Å²) in [6.07, 6.45) is 3.80. The van der Waals surface area contributed by atoms with Gasteiger partial charge in [0, 0.05) is 12.2 Å². The highest BCUT2D eigenvalue weighted by Crippen LogP contribution is 2.35. The van der Waals surface area contributed by atoms with Crippen LogP contribution in [0.5, 0.6) is 0 Å². The second-order valence-electron chi connectivity index (χ2n) is 8.15. The first-order chi connectivity index (χ1) is 13.2. The standard InChI is InChI=1S/C20H30N4O4/c1-20(2,3)28-19(27)22-12-13-4-6-14(7-5-13)15-8-10-16(11-9-15)23-17(25)18(26)24-21/h8-11,13-14H,4-7,12,21H2,1-3H3,(H,22,27)(H,23,25)(H,24,26)/t13-,14-. The number of carbonyl (C=O) groups excluding carboxylic acids is 3. The van der Waals surface area contributed by atoms with E-state index in [9.17, 15) is 14.4 Å². The molecule has 0 spiro atoms. The molecule has 0 radical (unpaired) electrons. The van der Waals surface area contributed by atoms with Crippen molar-refractivity contribution in [1.29, 1.82) is 0 Å². The average Bonchev–Trinajstić information content (AvgIpc) is 2.65. The number of carbonyl (C=O) groups is 3. The molecule has 28 heavy (non-hydrogen) atoms. The predicted molar refractivity (Wildman–Crippen MR) is 106 cm³/mol. The minimum atomic E-state index is -0.887. The normalized spacial score (nSPS) is 19.4. The van der Waals surface area contributed by atoms with Crippen LogP contribution in [0.2, 0.25) is 0 Å². The highest BCUT2D eigenvalue weighted by molar-refractivity contribution is 6.39. The third kappa shape index (κ3) is 6.84. The fourth-order valence-corrected chi connectivity index (χ4v) is 3.33. The van der Waals surface area contributed by atoms with Crippen LogP contribution in [-0.4, -0.2) is 30.1 Å². The molecule has 0 aromatic heterocycles. The zero-order valence-electron chi connectivity index (χ0n) is 16.7. The maximum atomic E-state index is 11.8. The Morgan fingerprint density at radius 2 is 1.64 bits per heavy atom. The molecule has 1 aromatic carbocycles. The van der Waals surface area contributed by atoms with E-state index in [-0.39, 0.29) is 6.09 Å². The molecule has 1 aromatic rings. The van der Waals surface area contributed by atoms with E-state index in [0.717, 1.165) is 25.7 Å². The molecule has 1 aliphatic carbocycles. The Labute approximate surface area is 165 Å². The topological polar surface area (TPSA) is 123 Å². The summed E-state index contributed by atoms with van der Waals surface area (Å²) in [7, 11) is 0. The third-order valence-electron chi connectivity index (χ3n) is 4.76. The Morgan fingerprint density at radius 1 is 1.04 bits per heavy atom. The van der Waals surface area contributed by atoms with Gasteiger partial charge in [-0.3, -0.25) is 15.0 Å². The van der Waals surface area contributed by atoms with Crippen molar-refractivity contribution in [1.82, 2.24) is 10.7 Å². The van der Waals surface area contributed by atoms with Gasteiger partial charge in [-0.05, 0) is 76.0 Å². The van der Waals surface area contributed by atoms with Gasteiger partial charge in [0.2, 0.25) is 0 Å². The Kier molecular flexibility index (Phi) is 7.39. The van der Waals surface area contributed by atoms with E-state index in [4.69, 9.17) is 10.6 Å². The van der Waals surface area contributed by atoms with Gasteiger partial charge in [0.15, 0.2) is 0 Å². The smallest absolute Gasteiger partial charge is 0.407 e. The van der Waals surface area contributed by atoms with Gasteiger partial charge in [-0.25, -0.2) is 10.6 Å². The summed E-state index contributed by atoms with van der Waals surface area (Å²) < 4.78 is 5.27. The SMILES string of the molecule is CC(C)(C)OC(=O)NC[C@H]1CC[C@H](c2ccc(NC(=O)C(=O)NN)cc2)CC1. The number of hydrazine groups is 1. The number of nitrogens with two attached hydrogens (primary N) is 1. The largest absolute Gasteiger partial charge is 0.444 e. The van der Waals surface area contributed by atoms with Crippen LogP contribution < -0.4 is 21.9 Å². The van der Waals surface area contributed by atoms with E-state index in [1.807, 2.05) is 32.9 Å². The van der Waals surface area contributed by atoms with Crippen LogP contribution in [0.1, 0.15) is 57.9 Å². The number of ether oxygens (including phenoxy) is 1. The minimum absolute atomic E-state index is 0.365. The molecule has 8 heteroatoms. The van der Waals surface area contributed by atoms with Crippen molar-refractivity contribution in [3.05, 3.63) is 29.8 Å². The molecular weight excluding hydrogens is 360 g/mol. The molecule has 3 amide bonds. The fraction of sp³-hybridized carbons (Fsp3) is 0.550. The highest BCUT2D eigenvalue weighted by atomic mass is 16.6. The van der Waals surface area contributed by atoms with E-state index in [0.29, 0.717) is 24.1 Å². The maximum absolute atomic E-state index is 11.8. The van der Waals surface area contributed by atoms with Gasteiger partial charge in [-0.1, -0.05) is 12.1 Å². The van der Waals surface area contributed by atoms with Gasteiger partial charge >= 0.3 is 17.9 Å². The van der Waals surface area contributed by atoms with Crippen LogP contribution in [-0.2, 0) is 14.3 Å². The van der Waals surface area contributed by atoms with E-state index < -0.39 is 17.4 Å². The summed E-state index contributed by atoms with van der Waals surface area (Å²) >= 11 is 0. The second kappa shape index (κ2) is 9.54. The number of nitrogens with one attached hydrogen (secondary N) is 3. The summed E-state index contributed by atoms with van der Waals surface area (Å²) in [6.45, 7) is 6.18. The monoisotopic (exact) mass is 390 g/mol. The van der Waals surface area contributed by atoms with Crippen molar-refractivity contribution >= 4 is 23.6 Å². The van der Waals surface area contributed by atoms with E-state index in [2.05, 4.69) is 10.6 Å². The third-order valence-corrected chi connectivity index (χ3v) is 4.76. The Morgan fingerprint density at radius 3 is 2.18 bits per heavy atom. The summed E-state index contributed by atoms with van der Waals surface area (Å²) in [5, 5.41) is 5.35. The van der Waals surface area contributed by atoms with Crippen molar-refractivity contribution in [2.75, 3.05) is 11.9 Å². The number of benzene rings is 1. The van der Waals surface area contributed by atoms with E-state index in [1.165, 1.54) is 5.56 Å². The molecule has 0 saturated heterocycles. The zero-order valence-corrected chi connectivity index (χ0v) is 16.7. The molecule has 0 heterocycles. The molecule has 2 rings (SSSR count). The Balaban J connectivity index is 1.77. The van der Waals surface area contributed by atoms with Crippen molar-refractivity contribution in [2.24, 2.45) is 11.8 Å². The molecular formula is C20H30N4O4. The lowest BCUT2D eigenvalue weighted by Gasteiger charge is -2.29. The van der Waals surface area contributed by atoms with Gasteiger partial charge in [0.05, 0.1) is 0 Å². The molecule has 1 saturated carbocycles. The molecule has 0 unspecified atom stereocenters. The van der Waals surface area contributed by atoms with Gasteiger partial charge in [0.25, 0.3) is 0 Å². The predicted octanol–water partition coefficient (Wildman–Crippen LogP) is 2.41. The van der Waals surface area contributed by atoms with Crippen LogP contribution in [0.3, 0.4) is 0 Å².